The highest BCUT2D eigenvalue weighted by Crippen LogP contribution is 2.25. The summed E-state index contributed by atoms with van der Waals surface area (Å²) in [6.45, 7) is 4.41. The first-order chi connectivity index (χ1) is 21.5. The van der Waals surface area contributed by atoms with Crippen LogP contribution in [0, 0.1) is 17.1 Å². The minimum Gasteiger partial charge on any atom is -0.484 e. The molecule has 44 heavy (non-hydrogen) atoms. The molecule has 0 spiro atoms. The third kappa shape index (κ3) is 6.89. The number of ether oxygens (including phenoxy) is 4. The van der Waals surface area contributed by atoms with Crippen LogP contribution < -0.4 is 4.74 Å². The van der Waals surface area contributed by atoms with Crippen molar-refractivity contribution in [3.8, 4) is 11.8 Å². The highest BCUT2D eigenvalue weighted by molar-refractivity contribution is 5.93. The van der Waals surface area contributed by atoms with Gasteiger partial charge in [0, 0.05) is 19.7 Å². The number of aromatic nitrogens is 3. The second kappa shape index (κ2) is 13.5. The molecule has 1 unspecified atom stereocenters. The molecule has 0 N–H and O–H groups in total. The number of piperidine rings is 1. The third-order valence-corrected chi connectivity index (χ3v) is 8.10. The number of benzene rings is 2. The van der Waals surface area contributed by atoms with Crippen LogP contribution in [-0.4, -0.2) is 64.4 Å². The van der Waals surface area contributed by atoms with Crippen molar-refractivity contribution in [1.82, 2.24) is 19.4 Å². The summed E-state index contributed by atoms with van der Waals surface area (Å²) >= 11 is 0. The van der Waals surface area contributed by atoms with Crippen LogP contribution in [0.2, 0.25) is 0 Å². The van der Waals surface area contributed by atoms with E-state index in [9.17, 15) is 9.18 Å². The summed E-state index contributed by atoms with van der Waals surface area (Å²) < 4.78 is 38.8. The Balaban J connectivity index is 1.02. The summed E-state index contributed by atoms with van der Waals surface area (Å²) in [5, 5.41) is 8.91. The van der Waals surface area contributed by atoms with Gasteiger partial charge in [0.25, 0.3) is 0 Å². The largest absolute Gasteiger partial charge is 0.484 e. The van der Waals surface area contributed by atoms with Crippen molar-refractivity contribution in [1.29, 1.82) is 5.26 Å². The number of esters is 1. The lowest BCUT2D eigenvalue weighted by atomic mass is 10.1. The van der Waals surface area contributed by atoms with E-state index in [1.54, 1.807) is 6.07 Å². The van der Waals surface area contributed by atoms with Gasteiger partial charge in [-0.05, 0) is 67.8 Å². The molecule has 0 amide bonds. The van der Waals surface area contributed by atoms with Crippen molar-refractivity contribution in [3.05, 3.63) is 88.8 Å². The summed E-state index contributed by atoms with van der Waals surface area (Å²) in [4.78, 5) is 24.1. The third-order valence-electron chi connectivity index (χ3n) is 8.10. The molecule has 0 bridgehead atoms. The van der Waals surface area contributed by atoms with Crippen molar-refractivity contribution < 1.29 is 28.1 Å². The van der Waals surface area contributed by atoms with E-state index in [1.807, 2.05) is 36.4 Å². The lowest BCUT2D eigenvalue weighted by molar-refractivity contribution is -0.0593. The molecule has 2 aliphatic heterocycles. The minimum atomic E-state index is -0.577. The fourth-order valence-corrected chi connectivity index (χ4v) is 5.54. The van der Waals surface area contributed by atoms with E-state index < -0.39 is 5.82 Å². The van der Waals surface area contributed by atoms with Crippen LogP contribution in [0.3, 0.4) is 0 Å². The van der Waals surface area contributed by atoms with Gasteiger partial charge < -0.3 is 23.5 Å². The van der Waals surface area contributed by atoms with Gasteiger partial charge in [0.05, 0.1) is 78.6 Å². The average molecular weight is 600 g/mol. The standard InChI is InChI=1S/C33H34FN5O5/c1-41-33(40)23-6-7-29-30(16-23)39(18-27-11-14-42-27)32(37-29)19-38-12-9-26(10-13-38)43-20-24-3-2-4-25(36-24)21-44-31-8-5-22(17-35)15-28(31)34/h2-8,15-16,26-27H,9-14,18-21H2,1H3. The molecule has 0 saturated carbocycles. The zero-order valence-corrected chi connectivity index (χ0v) is 24.6. The van der Waals surface area contributed by atoms with Crippen LogP contribution in [0.4, 0.5) is 4.39 Å². The van der Waals surface area contributed by atoms with Crippen LogP contribution in [-0.2, 0) is 40.5 Å². The van der Waals surface area contributed by atoms with E-state index in [0.717, 1.165) is 67.6 Å². The molecular weight excluding hydrogens is 565 g/mol. The van der Waals surface area contributed by atoms with Gasteiger partial charge in [-0.2, -0.15) is 5.26 Å². The van der Waals surface area contributed by atoms with Crippen molar-refractivity contribution in [2.75, 3.05) is 26.8 Å². The van der Waals surface area contributed by atoms with Gasteiger partial charge in [-0.3, -0.25) is 9.88 Å². The van der Waals surface area contributed by atoms with Crippen LogP contribution >= 0.6 is 0 Å². The van der Waals surface area contributed by atoms with Gasteiger partial charge in [-0.1, -0.05) is 6.07 Å². The molecule has 11 heteroatoms. The number of carbonyl (C=O) groups excluding carboxylic acids is 1. The van der Waals surface area contributed by atoms with E-state index in [4.69, 9.17) is 29.2 Å². The van der Waals surface area contributed by atoms with E-state index in [0.29, 0.717) is 31.0 Å². The molecule has 2 aliphatic rings. The fraction of sp³-hybridized carbons (Fsp3) is 0.394. The minimum absolute atomic E-state index is 0.0806. The lowest BCUT2D eigenvalue weighted by Gasteiger charge is -2.32. The Morgan fingerprint density at radius 1 is 1.07 bits per heavy atom. The summed E-state index contributed by atoms with van der Waals surface area (Å²) in [6, 6.07) is 17.1. The summed E-state index contributed by atoms with van der Waals surface area (Å²) in [5.41, 5.74) is 3.97. The molecule has 6 rings (SSSR count). The number of nitrogens with zero attached hydrogens (tertiary/aromatic N) is 5. The van der Waals surface area contributed by atoms with Gasteiger partial charge in [0.2, 0.25) is 0 Å². The van der Waals surface area contributed by atoms with Crippen LogP contribution in [0.1, 0.15) is 52.4 Å². The smallest absolute Gasteiger partial charge is 0.337 e. The SMILES string of the molecule is COC(=O)c1ccc2nc(CN3CCC(OCc4cccc(COc5ccc(C#N)cc5F)n4)CC3)n(CC3CCO3)c2c1. The van der Waals surface area contributed by atoms with Gasteiger partial charge in [0.15, 0.2) is 11.6 Å². The Morgan fingerprint density at radius 3 is 2.57 bits per heavy atom. The number of pyridine rings is 1. The highest BCUT2D eigenvalue weighted by Gasteiger charge is 2.25. The van der Waals surface area contributed by atoms with E-state index in [2.05, 4.69) is 14.5 Å². The molecule has 0 radical (unpaired) electrons. The van der Waals surface area contributed by atoms with Gasteiger partial charge in [-0.15, -0.1) is 0 Å². The molecule has 228 valence electrons. The molecule has 2 aromatic heterocycles. The normalized spacial score (nSPS) is 17.2. The predicted octanol–water partition coefficient (Wildman–Crippen LogP) is 4.78. The monoisotopic (exact) mass is 599 g/mol. The first-order valence-corrected chi connectivity index (χ1v) is 14.8. The number of methoxy groups -OCH3 is 1. The van der Waals surface area contributed by atoms with Gasteiger partial charge >= 0.3 is 5.97 Å². The number of nitriles is 1. The molecule has 0 aliphatic carbocycles. The summed E-state index contributed by atoms with van der Waals surface area (Å²) in [7, 11) is 1.39. The number of carbonyl (C=O) groups is 1. The Kier molecular flexibility index (Phi) is 9.12. The lowest BCUT2D eigenvalue weighted by Crippen LogP contribution is -2.38. The number of hydrogen-bond donors (Lipinski definition) is 0. The van der Waals surface area contributed by atoms with E-state index in [-0.39, 0.29) is 36.1 Å². The molecule has 2 saturated heterocycles. The van der Waals surface area contributed by atoms with Crippen LogP contribution in [0.5, 0.6) is 5.75 Å². The number of imidazole rings is 1. The molecule has 4 aromatic rings. The fourth-order valence-electron chi connectivity index (χ4n) is 5.54. The maximum absolute atomic E-state index is 14.1. The average Bonchev–Trinajstić information content (AvgIpc) is 3.37. The second-order valence-corrected chi connectivity index (χ2v) is 11.1. The molecule has 1 atom stereocenters. The Morgan fingerprint density at radius 2 is 1.86 bits per heavy atom. The van der Waals surface area contributed by atoms with Gasteiger partial charge in [0.1, 0.15) is 12.4 Å². The van der Waals surface area contributed by atoms with Crippen molar-refractivity contribution in [2.24, 2.45) is 0 Å². The number of likely N-dealkylation sites (tertiary alicyclic amines) is 1. The van der Waals surface area contributed by atoms with E-state index >= 15 is 0 Å². The molecule has 10 nitrogen and oxygen atoms in total. The number of fused-ring (bicyclic) bond motifs is 1. The molecule has 4 heterocycles. The second-order valence-electron chi connectivity index (χ2n) is 11.1. The summed E-state index contributed by atoms with van der Waals surface area (Å²) in [6.07, 6.45) is 3.06. The quantitative estimate of drug-likeness (QED) is 0.225. The number of hydrogen-bond acceptors (Lipinski definition) is 9. The zero-order chi connectivity index (χ0) is 30.5. The van der Waals surface area contributed by atoms with Crippen molar-refractivity contribution >= 4 is 17.0 Å². The Hall–Kier alpha value is -4.37. The first kappa shape index (κ1) is 29.7. The Labute approximate surface area is 254 Å². The summed E-state index contributed by atoms with van der Waals surface area (Å²) in [5.74, 6) is 0.0993. The molecule has 2 fully saturated rings. The molecular formula is C33H34FN5O5. The zero-order valence-electron chi connectivity index (χ0n) is 24.6. The van der Waals surface area contributed by atoms with Crippen LogP contribution in [0.25, 0.3) is 11.0 Å². The number of rotatable bonds is 11. The van der Waals surface area contributed by atoms with Gasteiger partial charge in [-0.25, -0.2) is 14.2 Å². The van der Waals surface area contributed by atoms with Crippen LogP contribution in [0.15, 0.2) is 54.6 Å². The maximum Gasteiger partial charge on any atom is 0.337 e. The first-order valence-electron chi connectivity index (χ1n) is 14.8. The van der Waals surface area contributed by atoms with E-state index in [1.165, 1.54) is 19.2 Å². The predicted molar refractivity (Wildman–Crippen MR) is 158 cm³/mol. The van der Waals surface area contributed by atoms with Crippen molar-refractivity contribution in [2.45, 2.75) is 57.8 Å². The topological polar surface area (TPSA) is 112 Å². The Bertz CT molecular complexity index is 1670. The molecule has 2 aromatic carbocycles. The van der Waals surface area contributed by atoms with Crippen molar-refractivity contribution in [3.63, 3.8) is 0 Å². The maximum atomic E-state index is 14.1. The highest BCUT2D eigenvalue weighted by atomic mass is 19.1. The number of halogens is 1.